The van der Waals surface area contributed by atoms with Crippen molar-refractivity contribution in [1.29, 1.82) is 0 Å². The Hall–Kier alpha value is -2.49. The zero-order valence-corrected chi connectivity index (χ0v) is 11.9. The highest BCUT2D eigenvalue weighted by Crippen LogP contribution is 2.27. The van der Waals surface area contributed by atoms with Crippen molar-refractivity contribution in [2.45, 2.75) is 19.8 Å². The number of amides is 1. The van der Waals surface area contributed by atoms with Gasteiger partial charge in [-0.1, -0.05) is 49.7 Å². The lowest BCUT2D eigenvalue weighted by atomic mass is 9.93. The van der Waals surface area contributed by atoms with Crippen molar-refractivity contribution in [1.82, 2.24) is 4.98 Å². The average molecular weight is 279 g/mol. The summed E-state index contributed by atoms with van der Waals surface area (Å²) in [5.41, 5.74) is 1.84. The first-order valence-corrected chi connectivity index (χ1v) is 7.20. The molecule has 1 unspecified atom stereocenters. The largest absolute Gasteiger partial charge is 0.272 e. The standard InChI is InChI=1S/C17H17N3O/c1-2-8-14-16(13-9-4-3-5-10-13)19-20(17(14)21)15-11-6-7-12-18-15/h3-7,9-12,14H,2,8H2,1H3. The molecule has 106 valence electrons. The third-order valence-corrected chi connectivity index (χ3v) is 3.56. The summed E-state index contributed by atoms with van der Waals surface area (Å²) in [4.78, 5) is 16.9. The molecule has 3 rings (SSSR count). The second-order valence-corrected chi connectivity index (χ2v) is 5.03. The Morgan fingerprint density at radius 2 is 1.86 bits per heavy atom. The van der Waals surface area contributed by atoms with Gasteiger partial charge < -0.3 is 0 Å². The number of benzene rings is 1. The topological polar surface area (TPSA) is 45.6 Å². The Morgan fingerprint density at radius 3 is 2.52 bits per heavy atom. The van der Waals surface area contributed by atoms with Crippen LogP contribution in [-0.2, 0) is 4.79 Å². The van der Waals surface area contributed by atoms with Gasteiger partial charge in [0.2, 0.25) is 0 Å². The number of anilines is 1. The minimum absolute atomic E-state index is 0.00871. The van der Waals surface area contributed by atoms with Crippen LogP contribution in [0.15, 0.2) is 59.8 Å². The number of rotatable bonds is 4. The zero-order valence-electron chi connectivity index (χ0n) is 11.9. The molecular weight excluding hydrogens is 262 g/mol. The molecule has 1 aliphatic heterocycles. The van der Waals surface area contributed by atoms with Crippen molar-refractivity contribution in [3.63, 3.8) is 0 Å². The van der Waals surface area contributed by atoms with E-state index in [0.29, 0.717) is 5.82 Å². The van der Waals surface area contributed by atoms with E-state index >= 15 is 0 Å². The lowest BCUT2D eigenvalue weighted by Crippen LogP contribution is -2.28. The number of carbonyl (C=O) groups is 1. The lowest BCUT2D eigenvalue weighted by molar-refractivity contribution is -0.119. The van der Waals surface area contributed by atoms with Gasteiger partial charge in [0.15, 0.2) is 5.82 Å². The fourth-order valence-electron chi connectivity index (χ4n) is 2.55. The van der Waals surface area contributed by atoms with Gasteiger partial charge in [0.25, 0.3) is 5.91 Å². The lowest BCUT2D eigenvalue weighted by Gasteiger charge is -2.12. The molecule has 2 aromatic rings. The molecule has 1 aromatic carbocycles. The summed E-state index contributed by atoms with van der Waals surface area (Å²) in [6.07, 6.45) is 3.42. The van der Waals surface area contributed by atoms with E-state index in [1.807, 2.05) is 42.5 Å². The van der Waals surface area contributed by atoms with Crippen LogP contribution in [0.1, 0.15) is 25.3 Å². The molecule has 0 aliphatic carbocycles. The molecule has 0 saturated heterocycles. The van der Waals surface area contributed by atoms with E-state index in [2.05, 4.69) is 17.0 Å². The van der Waals surface area contributed by atoms with E-state index in [4.69, 9.17) is 0 Å². The van der Waals surface area contributed by atoms with Crippen molar-refractivity contribution in [3.05, 3.63) is 60.3 Å². The SMILES string of the molecule is CCCC1C(=O)N(c2ccccn2)N=C1c1ccccc1. The normalized spacial score (nSPS) is 18.0. The monoisotopic (exact) mass is 279 g/mol. The van der Waals surface area contributed by atoms with Gasteiger partial charge in [-0.3, -0.25) is 4.79 Å². The van der Waals surface area contributed by atoms with Gasteiger partial charge in [0, 0.05) is 6.20 Å². The van der Waals surface area contributed by atoms with Crippen LogP contribution in [0, 0.1) is 5.92 Å². The molecule has 1 atom stereocenters. The van der Waals surface area contributed by atoms with E-state index < -0.39 is 0 Å². The summed E-state index contributed by atoms with van der Waals surface area (Å²) in [5.74, 6) is 0.406. The van der Waals surface area contributed by atoms with Gasteiger partial charge in [0.05, 0.1) is 11.6 Å². The summed E-state index contributed by atoms with van der Waals surface area (Å²) < 4.78 is 0. The maximum atomic E-state index is 12.7. The van der Waals surface area contributed by atoms with Crippen LogP contribution in [-0.4, -0.2) is 16.6 Å². The third kappa shape index (κ3) is 2.57. The van der Waals surface area contributed by atoms with Gasteiger partial charge in [-0.15, -0.1) is 0 Å². The third-order valence-electron chi connectivity index (χ3n) is 3.56. The predicted octanol–water partition coefficient (Wildman–Crippen LogP) is 3.25. The van der Waals surface area contributed by atoms with E-state index in [-0.39, 0.29) is 11.8 Å². The molecule has 0 radical (unpaired) electrons. The highest BCUT2D eigenvalue weighted by atomic mass is 16.2. The highest BCUT2D eigenvalue weighted by molar-refractivity contribution is 6.21. The van der Waals surface area contributed by atoms with Crippen molar-refractivity contribution >= 4 is 17.4 Å². The molecule has 0 N–H and O–H groups in total. The maximum Gasteiger partial charge on any atom is 0.258 e. The highest BCUT2D eigenvalue weighted by Gasteiger charge is 2.36. The molecule has 1 aliphatic rings. The second-order valence-electron chi connectivity index (χ2n) is 5.03. The van der Waals surface area contributed by atoms with Crippen LogP contribution in [0.4, 0.5) is 5.82 Å². The van der Waals surface area contributed by atoms with Gasteiger partial charge in [-0.25, -0.2) is 4.98 Å². The Bertz CT molecular complexity index is 652. The van der Waals surface area contributed by atoms with Gasteiger partial charge in [-0.2, -0.15) is 10.1 Å². The number of nitrogens with zero attached hydrogens (tertiary/aromatic N) is 3. The summed E-state index contributed by atoms with van der Waals surface area (Å²) in [5, 5.41) is 5.98. The van der Waals surface area contributed by atoms with E-state index in [1.165, 1.54) is 5.01 Å². The Morgan fingerprint density at radius 1 is 1.10 bits per heavy atom. The minimum atomic E-state index is -0.181. The van der Waals surface area contributed by atoms with Crippen LogP contribution < -0.4 is 5.01 Å². The summed E-state index contributed by atoms with van der Waals surface area (Å²) in [6.45, 7) is 2.08. The van der Waals surface area contributed by atoms with Crippen molar-refractivity contribution in [2.24, 2.45) is 11.0 Å². The molecule has 4 nitrogen and oxygen atoms in total. The van der Waals surface area contributed by atoms with Gasteiger partial charge in [0.1, 0.15) is 0 Å². The first-order valence-electron chi connectivity index (χ1n) is 7.20. The first-order chi connectivity index (χ1) is 10.3. The molecule has 21 heavy (non-hydrogen) atoms. The second kappa shape index (κ2) is 5.87. The van der Waals surface area contributed by atoms with Crippen LogP contribution in [0.25, 0.3) is 0 Å². The van der Waals surface area contributed by atoms with Gasteiger partial charge in [-0.05, 0) is 24.1 Å². The number of hydrogen-bond donors (Lipinski definition) is 0. The molecular formula is C17H17N3O. The molecule has 4 heteroatoms. The fraction of sp³-hybridized carbons (Fsp3) is 0.235. The Labute approximate surface area is 124 Å². The molecule has 0 spiro atoms. The molecule has 0 bridgehead atoms. The Kier molecular flexibility index (Phi) is 3.77. The molecule has 0 saturated carbocycles. The zero-order chi connectivity index (χ0) is 14.7. The molecule has 1 aromatic heterocycles. The number of hydrogen-bond acceptors (Lipinski definition) is 3. The molecule has 1 amide bonds. The van der Waals surface area contributed by atoms with E-state index in [0.717, 1.165) is 24.1 Å². The van der Waals surface area contributed by atoms with E-state index in [1.54, 1.807) is 12.3 Å². The number of aromatic nitrogens is 1. The van der Waals surface area contributed by atoms with Gasteiger partial charge >= 0.3 is 0 Å². The minimum Gasteiger partial charge on any atom is -0.272 e. The molecule has 0 fully saturated rings. The van der Waals surface area contributed by atoms with Crippen LogP contribution >= 0.6 is 0 Å². The van der Waals surface area contributed by atoms with Crippen molar-refractivity contribution in [2.75, 3.05) is 5.01 Å². The smallest absolute Gasteiger partial charge is 0.258 e. The Balaban J connectivity index is 2.01. The number of carbonyl (C=O) groups excluding carboxylic acids is 1. The van der Waals surface area contributed by atoms with E-state index in [9.17, 15) is 4.79 Å². The number of hydrazone groups is 1. The molecule has 2 heterocycles. The summed E-state index contributed by atoms with van der Waals surface area (Å²) in [6, 6.07) is 15.4. The average Bonchev–Trinajstić information content (AvgIpc) is 2.87. The van der Waals surface area contributed by atoms with Crippen LogP contribution in [0.3, 0.4) is 0 Å². The summed E-state index contributed by atoms with van der Waals surface area (Å²) in [7, 11) is 0. The number of pyridine rings is 1. The fourth-order valence-corrected chi connectivity index (χ4v) is 2.55. The predicted molar refractivity (Wildman–Crippen MR) is 83.1 cm³/mol. The van der Waals surface area contributed by atoms with Crippen LogP contribution in [0.5, 0.6) is 0 Å². The summed E-state index contributed by atoms with van der Waals surface area (Å²) >= 11 is 0. The quantitative estimate of drug-likeness (QED) is 0.862. The first kappa shape index (κ1) is 13.5. The maximum absolute atomic E-state index is 12.7. The van der Waals surface area contributed by atoms with Crippen molar-refractivity contribution < 1.29 is 4.79 Å². The van der Waals surface area contributed by atoms with Crippen LogP contribution in [0.2, 0.25) is 0 Å². The van der Waals surface area contributed by atoms with Crippen molar-refractivity contribution in [3.8, 4) is 0 Å².